The highest BCUT2D eigenvalue weighted by molar-refractivity contribution is 7.89. The summed E-state index contributed by atoms with van der Waals surface area (Å²) < 4.78 is 40.4. The lowest BCUT2D eigenvalue weighted by Crippen LogP contribution is -2.53. The first-order valence-corrected chi connectivity index (χ1v) is 12.1. The molecule has 2 fully saturated rings. The number of hydrogen-bond acceptors (Lipinski definition) is 4. The van der Waals surface area contributed by atoms with Gasteiger partial charge in [-0.25, -0.2) is 12.8 Å². The van der Waals surface area contributed by atoms with Crippen LogP contribution >= 0.6 is 0 Å². The number of halogens is 1. The molecule has 0 N–H and O–H groups in total. The van der Waals surface area contributed by atoms with E-state index < -0.39 is 15.8 Å². The second kappa shape index (κ2) is 8.96. The Morgan fingerprint density at radius 2 is 1.71 bits per heavy atom. The number of carbonyl (C=O) groups is 1. The summed E-state index contributed by atoms with van der Waals surface area (Å²) in [6.45, 7) is 5.42. The number of anilines is 1. The Kier molecular flexibility index (Phi) is 6.29. The van der Waals surface area contributed by atoms with E-state index in [4.69, 9.17) is 0 Å². The van der Waals surface area contributed by atoms with Crippen molar-refractivity contribution in [3.63, 3.8) is 0 Å². The highest BCUT2D eigenvalue weighted by Crippen LogP contribution is 2.26. The molecule has 166 valence electrons. The van der Waals surface area contributed by atoms with E-state index in [1.165, 1.54) is 27.7 Å². The van der Waals surface area contributed by atoms with E-state index in [-0.39, 0.29) is 23.3 Å². The third-order valence-corrected chi connectivity index (χ3v) is 8.02. The van der Waals surface area contributed by atoms with E-state index in [2.05, 4.69) is 30.0 Å². The number of amides is 1. The second-order valence-corrected chi connectivity index (χ2v) is 10.2. The molecule has 31 heavy (non-hydrogen) atoms. The molecule has 0 aromatic heterocycles. The van der Waals surface area contributed by atoms with Crippen molar-refractivity contribution in [2.45, 2.75) is 24.7 Å². The summed E-state index contributed by atoms with van der Waals surface area (Å²) >= 11 is 0. The maximum Gasteiger partial charge on any atom is 0.243 e. The predicted octanol–water partition coefficient (Wildman–Crippen LogP) is 2.88. The van der Waals surface area contributed by atoms with Crippen molar-refractivity contribution in [3.05, 3.63) is 59.9 Å². The van der Waals surface area contributed by atoms with Gasteiger partial charge >= 0.3 is 0 Å². The van der Waals surface area contributed by atoms with Crippen molar-refractivity contribution in [1.82, 2.24) is 9.21 Å². The fourth-order valence-corrected chi connectivity index (χ4v) is 5.91. The van der Waals surface area contributed by atoms with Gasteiger partial charge < -0.3 is 9.80 Å². The third kappa shape index (κ3) is 4.75. The van der Waals surface area contributed by atoms with E-state index >= 15 is 0 Å². The molecular formula is C23H28FN3O3S. The number of nitrogens with zero attached hydrogens (tertiary/aromatic N) is 3. The van der Waals surface area contributed by atoms with Crippen LogP contribution in [0.3, 0.4) is 0 Å². The minimum Gasteiger partial charge on any atom is -0.368 e. The Morgan fingerprint density at radius 1 is 1.00 bits per heavy atom. The van der Waals surface area contributed by atoms with Gasteiger partial charge in [-0.15, -0.1) is 0 Å². The minimum absolute atomic E-state index is 0.0305. The molecule has 1 unspecified atom stereocenters. The summed E-state index contributed by atoms with van der Waals surface area (Å²) in [7, 11) is -3.74. The highest BCUT2D eigenvalue weighted by atomic mass is 32.2. The molecule has 2 aromatic carbocycles. The van der Waals surface area contributed by atoms with Gasteiger partial charge in [-0.2, -0.15) is 4.31 Å². The maximum absolute atomic E-state index is 13.2. The van der Waals surface area contributed by atoms with E-state index in [1.54, 1.807) is 0 Å². The number of piperazine rings is 1. The number of rotatable bonds is 4. The van der Waals surface area contributed by atoms with Crippen LogP contribution in [0.2, 0.25) is 0 Å². The van der Waals surface area contributed by atoms with E-state index in [0.717, 1.165) is 25.2 Å². The van der Waals surface area contributed by atoms with Gasteiger partial charge in [-0.3, -0.25) is 4.79 Å². The van der Waals surface area contributed by atoms with Crippen molar-refractivity contribution < 1.29 is 17.6 Å². The van der Waals surface area contributed by atoms with Gasteiger partial charge in [0.05, 0.1) is 10.8 Å². The largest absolute Gasteiger partial charge is 0.368 e. The predicted molar refractivity (Wildman–Crippen MR) is 118 cm³/mol. The molecule has 0 spiro atoms. The third-order valence-electron chi connectivity index (χ3n) is 6.14. The summed E-state index contributed by atoms with van der Waals surface area (Å²) in [6, 6.07) is 13.2. The summed E-state index contributed by atoms with van der Waals surface area (Å²) in [6.07, 6.45) is 1.33. The van der Waals surface area contributed by atoms with Crippen LogP contribution in [-0.4, -0.2) is 62.8 Å². The topological polar surface area (TPSA) is 60.9 Å². The molecule has 2 aliphatic heterocycles. The summed E-state index contributed by atoms with van der Waals surface area (Å²) in [5.41, 5.74) is 2.38. The number of hydrogen-bond donors (Lipinski definition) is 0. The van der Waals surface area contributed by atoms with E-state index in [9.17, 15) is 17.6 Å². The van der Waals surface area contributed by atoms with Gasteiger partial charge in [0, 0.05) is 45.0 Å². The number of piperidine rings is 1. The number of carbonyl (C=O) groups excluding carboxylic acids is 1. The van der Waals surface area contributed by atoms with Crippen molar-refractivity contribution in [2.24, 2.45) is 5.92 Å². The van der Waals surface area contributed by atoms with Crippen molar-refractivity contribution >= 4 is 21.6 Å². The average molecular weight is 446 g/mol. The van der Waals surface area contributed by atoms with Crippen molar-refractivity contribution in [2.75, 3.05) is 44.2 Å². The Balaban J connectivity index is 1.38. The molecule has 0 saturated carbocycles. The minimum atomic E-state index is -3.74. The first kappa shape index (κ1) is 21.8. The van der Waals surface area contributed by atoms with Crippen molar-refractivity contribution in [1.29, 1.82) is 0 Å². The quantitative estimate of drug-likeness (QED) is 0.726. The van der Waals surface area contributed by atoms with Gasteiger partial charge in [0.2, 0.25) is 15.9 Å². The van der Waals surface area contributed by atoms with Crippen LogP contribution in [0.25, 0.3) is 0 Å². The molecule has 2 aliphatic rings. The fourth-order valence-electron chi connectivity index (χ4n) is 4.39. The van der Waals surface area contributed by atoms with Gasteiger partial charge in [0.1, 0.15) is 5.82 Å². The van der Waals surface area contributed by atoms with Gasteiger partial charge in [0.15, 0.2) is 0 Å². The van der Waals surface area contributed by atoms with Gasteiger partial charge in [-0.05, 0) is 61.7 Å². The van der Waals surface area contributed by atoms with Crippen LogP contribution in [0.5, 0.6) is 0 Å². The van der Waals surface area contributed by atoms with Crippen LogP contribution in [0.1, 0.15) is 18.4 Å². The van der Waals surface area contributed by atoms with Crippen LogP contribution in [0.4, 0.5) is 10.1 Å². The molecule has 6 nitrogen and oxygen atoms in total. The van der Waals surface area contributed by atoms with E-state index in [1.807, 2.05) is 11.0 Å². The molecule has 0 radical (unpaired) electrons. The number of benzene rings is 2. The highest BCUT2D eigenvalue weighted by Gasteiger charge is 2.35. The molecule has 2 aromatic rings. The Bertz CT molecular complexity index is 1030. The molecule has 0 bridgehead atoms. The Morgan fingerprint density at radius 3 is 2.39 bits per heavy atom. The van der Waals surface area contributed by atoms with Crippen LogP contribution in [-0.2, 0) is 14.8 Å². The lowest BCUT2D eigenvalue weighted by atomic mass is 9.97. The van der Waals surface area contributed by atoms with Crippen LogP contribution in [0, 0.1) is 18.7 Å². The molecule has 1 amide bonds. The number of aryl methyl sites for hydroxylation is 1. The number of sulfonamides is 1. The normalized spacial score (nSPS) is 20.6. The first-order chi connectivity index (χ1) is 14.8. The maximum atomic E-state index is 13.2. The van der Waals surface area contributed by atoms with Gasteiger partial charge in [-0.1, -0.05) is 12.1 Å². The molecule has 1 atom stereocenters. The lowest BCUT2D eigenvalue weighted by molar-refractivity contribution is -0.137. The molecule has 2 heterocycles. The smallest absolute Gasteiger partial charge is 0.243 e. The molecule has 0 aliphatic carbocycles. The Labute approximate surface area is 183 Å². The Hall–Kier alpha value is -2.45. The van der Waals surface area contributed by atoms with Crippen LogP contribution in [0.15, 0.2) is 53.4 Å². The molecule has 8 heteroatoms. The van der Waals surface area contributed by atoms with Crippen molar-refractivity contribution in [3.8, 4) is 0 Å². The second-order valence-electron chi connectivity index (χ2n) is 8.31. The van der Waals surface area contributed by atoms with E-state index in [0.29, 0.717) is 32.5 Å². The summed E-state index contributed by atoms with van der Waals surface area (Å²) in [5, 5.41) is 0. The zero-order valence-corrected chi connectivity index (χ0v) is 18.5. The zero-order chi connectivity index (χ0) is 22.0. The fraction of sp³-hybridized carbons (Fsp3) is 0.435. The zero-order valence-electron chi connectivity index (χ0n) is 17.7. The summed E-state index contributed by atoms with van der Waals surface area (Å²) in [4.78, 5) is 17.4. The lowest BCUT2D eigenvalue weighted by Gasteiger charge is -2.39. The van der Waals surface area contributed by atoms with Gasteiger partial charge in [0.25, 0.3) is 0 Å². The molecular weight excluding hydrogens is 417 g/mol. The molecule has 2 saturated heterocycles. The van der Waals surface area contributed by atoms with Crippen LogP contribution < -0.4 is 4.90 Å². The standard InChI is InChI=1S/C23H28FN3O3S/c1-18-4-2-6-21(16-18)25-12-14-26(15-13-25)23(28)19-5-3-11-27(17-19)31(29,30)22-9-7-20(24)8-10-22/h2,4,6-10,16,19H,3,5,11-15,17H2,1H3. The SMILES string of the molecule is Cc1cccc(N2CCN(C(=O)C3CCCN(S(=O)(=O)c4ccc(F)cc4)C3)CC2)c1. The molecule has 4 rings (SSSR count). The average Bonchev–Trinajstić information content (AvgIpc) is 2.79. The summed E-state index contributed by atoms with van der Waals surface area (Å²) in [5.74, 6) is -0.784. The monoisotopic (exact) mass is 445 g/mol. The first-order valence-electron chi connectivity index (χ1n) is 10.7.